The summed E-state index contributed by atoms with van der Waals surface area (Å²) in [6.45, 7) is 4.40. The number of hydrogen-bond donors (Lipinski definition) is 3. The lowest BCUT2D eigenvalue weighted by Crippen LogP contribution is -2.19. The van der Waals surface area contributed by atoms with Gasteiger partial charge in [-0.2, -0.15) is 0 Å². The average molecular weight is 469 g/mol. The van der Waals surface area contributed by atoms with Gasteiger partial charge >= 0.3 is 5.97 Å². The number of carboxylic acids is 1. The molecule has 3 aromatic rings. The standard InChI is InChI=1S/C27H29FO6/c1-17(2)25-13-23(34-16-18-9-10-33-15-18)14-26(19-3-5-20(28)6-4-19)24(25)8-7-21(29)11-22(30)12-27(31)32/h3-10,13-15,17,21-22,29-30H,11-12,16H2,1-2H3,(H,31,32). The van der Waals surface area contributed by atoms with Gasteiger partial charge in [-0.25, -0.2) is 4.39 Å². The predicted octanol–water partition coefficient (Wildman–Crippen LogP) is 5.39. The summed E-state index contributed by atoms with van der Waals surface area (Å²) < 4.78 is 24.7. The lowest BCUT2D eigenvalue weighted by molar-refractivity contribution is -0.139. The van der Waals surface area contributed by atoms with Gasteiger partial charge in [0.15, 0.2) is 0 Å². The summed E-state index contributed by atoms with van der Waals surface area (Å²) in [7, 11) is 0. The van der Waals surface area contributed by atoms with Gasteiger partial charge < -0.3 is 24.5 Å². The molecule has 7 heteroatoms. The number of ether oxygens (including phenoxy) is 1. The Balaban J connectivity index is 1.97. The molecule has 0 aliphatic rings. The fraction of sp³-hybridized carbons (Fsp3) is 0.296. The van der Waals surface area contributed by atoms with Crippen LogP contribution in [0.1, 0.15) is 49.3 Å². The van der Waals surface area contributed by atoms with Crippen LogP contribution < -0.4 is 4.74 Å². The minimum atomic E-state index is -1.16. The quantitative estimate of drug-likeness (QED) is 0.349. The molecule has 34 heavy (non-hydrogen) atoms. The van der Waals surface area contributed by atoms with Gasteiger partial charge in [0, 0.05) is 12.0 Å². The van der Waals surface area contributed by atoms with Crippen molar-refractivity contribution in [2.75, 3.05) is 0 Å². The minimum absolute atomic E-state index is 0.0996. The van der Waals surface area contributed by atoms with Crippen molar-refractivity contribution in [1.29, 1.82) is 0 Å². The largest absolute Gasteiger partial charge is 0.489 e. The van der Waals surface area contributed by atoms with E-state index in [-0.39, 0.29) is 18.2 Å². The van der Waals surface area contributed by atoms with Crippen LogP contribution in [0.3, 0.4) is 0 Å². The maximum Gasteiger partial charge on any atom is 0.305 e. The van der Waals surface area contributed by atoms with Crippen LogP contribution in [0.5, 0.6) is 5.75 Å². The highest BCUT2D eigenvalue weighted by Gasteiger charge is 2.17. The highest BCUT2D eigenvalue weighted by molar-refractivity contribution is 5.79. The summed E-state index contributed by atoms with van der Waals surface area (Å²) in [6.07, 6.45) is 3.75. The van der Waals surface area contributed by atoms with Crippen molar-refractivity contribution in [3.05, 3.63) is 83.6 Å². The van der Waals surface area contributed by atoms with E-state index >= 15 is 0 Å². The smallest absolute Gasteiger partial charge is 0.305 e. The molecule has 0 spiro atoms. The molecule has 0 radical (unpaired) electrons. The van der Waals surface area contributed by atoms with Crippen LogP contribution in [0.2, 0.25) is 0 Å². The SMILES string of the molecule is CC(C)c1cc(OCc2ccoc2)cc(-c2ccc(F)cc2)c1C=CC(O)CC(O)CC(=O)O. The molecule has 3 rings (SSSR count). The number of rotatable bonds is 11. The molecule has 1 heterocycles. The monoisotopic (exact) mass is 468 g/mol. The van der Waals surface area contributed by atoms with E-state index in [2.05, 4.69) is 0 Å². The Morgan fingerprint density at radius 2 is 1.88 bits per heavy atom. The summed E-state index contributed by atoms with van der Waals surface area (Å²) in [6, 6.07) is 11.7. The van der Waals surface area contributed by atoms with Crippen molar-refractivity contribution >= 4 is 12.0 Å². The van der Waals surface area contributed by atoms with Crippen LogP contribution in [0.15, 0.2) is 65.5 Å². The van der Waals surface area contributed by atoms with Gasteiger partial charge in [-0.3, -0.25) is 4.79 Å². The molecular weight excluding hydrogens is 439 g/mol. The van der Waals surface area contributed by atoms with Crippen molar-refractivity contribution in [2.24, 2.45) is 0 Å². The molecule has 2 unspecified atom stereocenters. The second kappa shape index (κ2) is 11.6. The van der Waals surface area contributed by atoms with E-state index in [4.69, 9.17) is 14.3 Å². The summed E-state index contributed by atoms with van der Waals surface area (Å²) >= 11 is 0. The highest BCUT2D eigenvalue weighted by Crippen LogP contribution is 2.36. The van der Waals surface area contributed by atoms with Crippen LogP contribution in [-0.4, -0.2) is 33.5 Å². The molecule has 0 aliphatic carbocycles. The normalized spacial score (nSPS) is 13.4. The van der Waals surface area contributed by atoms with Crippen molar-refractivity contribution in [2.45, 2.75) is 51.4 Å². The number of aliphatic hydroxyl groups excluding tert-OH is 2. The van der Waals surface area contributed by atoms with Crippen LogP contribution in [0.4, 0.5) is 4.39 Å². The molecular formula is C27H29FO6. The fourth-order valence-electron chi connectivity index (χ4n) is 3.65. The molecule has 2 atom stereocenters. The third kappa shape index (κ3) is 7.04. The van der Waals surface area contributed by atoms with Crippen molar-refractivity contribution in [3.63, 3.8) is 0 Å². The summed E-state index contributed by atoms with van der Waals surface area (Å²) in [5.74, 6) is -0.736. The zero-order chi connectivity index (χ0) is 24.7. The summed E-state index contributed by atoms with van der Waals surface area (Å²) in [5, 5.41) is 29.0. The molecule has 0 fully saturated rings. The van der Waals surface area contributed by atoms with Crippen LogP contribution in [0, 0.1) is 5.82 Å². The van der Waals surface area contributed by atoms with E-state index < -0.39 is 24.6 Å². The summed E-state index contributed by atoms with van der Waals surface area (Å²) in [4.78, 5) is 10.8. The molecule has 1 aromatic heterocycles. The van der Waals surface area contributed by atoms with Gasteiger partial charge in [0.2, 0.25) is 0 Å². The van der Waals surface area contributed by atoms with Crippen molar-refractivity contribution in [3.8, 4) is 16.9 Å². The number of benzene rings is 2. The number of hydrogen-bond acceptors (Lipinski definition) is 5. The van der Waals surface area contributed by atoms with Crippen LogP contribution in [-0.2, 0) is 11.4 Å². The number of carbonyl (C=O) groups is 1. The Bertz CT molecular complexity index is 1100. The maximum atomic E-state index is 13.6. The topological polar surface area (TPSA) is 100 Å². The van der Waals surface area contributed by atoms with E-state index in [0.717, 1.165) is 27.8 Å². The summed E-state index contributed by atoms with van der Waals surface area (Å²) in [5.41, 5.74) is 4.24. The zero-order valence-electron chi connectivity index (χ0n) is 19.1. The Labute approximate surface area is 197 Å². The second-order valence-electron chi connectivity index (χ2n) is 8.47. The third-order valence-corrected chi connectivity index (χ3v) is 5.36. The first-order valence-corrected chi connectivity index (χ1v) is 11.1. The fourth-order valence-corrected chi connectivity index (χ4v) is 3.65. The first kappa shape index (κ1) is 25.2. The Hall–Kier alpha value is -3.42. The zero-order valence-corrected chi connectivity index (χ0v) is 19.1. The predicted molar refractivity (Wildman–Crippen MR) is 127 cm³/mol. The molecule has 0 saturated carbocycles. The van der Waals surface area contributed by atoms with Gasteiger partial charge in [0.25, 0.3) is 0 Å². The van der Waals surface area contributed by atoms with Gasteiger partial charge in [0.05, 0.1) is 31.2 Å². The lowest BCUT2D eigenvalue weighted by Gasteiger charge is -2.19. The Kier molecular flexibility index (Phi) is 8.62. The lowest BCUT2D eigenvalue weighted by atomic mass is 9.89. The number of halogens is 1. The molecule has 0 bridgehead atoms. The number of aliphatic hydroxyl groups is 2. The van der Waals surface area contributed by atoms with E-state index in [0.29, 0.717) is 12.4 Å². The Morgan fingerprint density at radius 1 is 1.15 bits per heavy atom. The first-order chi connectivity index (χ1) is 16.2. The first-order valence-electron chi connectivity index (χ1n) is 11.1. The van der Waals surface area contributed by atoms with E-state index in [1.54, 1.807) is 30.7 Å². The molecule has 0 saturated heterocycles. The number of aliphatic carboxylic acids is 1. The van der Waals surface area contributed by atoms with Gasteiger partial charge in [-0.05, 0) is 58.5 Å². The van der Waals surface area contributed by atoms with Gasteiger partial charge in [-0.15, -0.1) is 0 Å². The second-order valence-corrected chi connectivity index (χ2v) is 8.47. The van der Waals surface area contributed by atoms with Crippen molar-refractivity contribution < 1.29 is 33.7 Å². The number of carboxylic acid groups (broad SMARTS) is 1. The number of furan rings is 1. The average Bonchev–Trinajstić information content (AvgIpc) is 3.29. The molecule has 2 aromatic carbocycles. The molecule has 0 aliphatic heterocycles. The molecule has 3 N–H and O–H groups in total. The van der Waals surface area contributed by atoms with Gasteiger partial charge in [0.1, 0.15) is 18.2 Å². The van der Waals surface area contributed by atoms with Crippen LogP contribution in [0.25, 0.3) is 17.2 Å². The third-order valence-electron chi connectivity index (χ3n) is 5.36. The van der Waals surface area contributed by atoms with E-state index in [1.165, 1.54) is 18.2 Å². The molecule has 6 nitrogen and oxygen atoms in total. The minimum Gasteiger partial charge on any atom is -0.489 e. The molecule has 180 valence electrons. The van der Waals surface area contributed by atoms with Crippen molar-refractivity contribution in [1.82, 2.24) is 0 Å². The highest BCUT2D eigenvalue weighted by atomic mass is 19.1. The maximum absolute atomic E-state index is 13.6. The van der Waals surface area contributed by atoms with E-state index in [9.17, 15) is 19.4 Å². The van der Waals surface area contributed by atoms with Crippen LogP contribution >= 0.6 is 0 Å². The Morgan fingerprint density at radius 3 is 2.50 bits per heavy atom. The van der Waals surface area contributed by atoms with E-state index in [1.807, 2.05) is 32.0 Å². The molecule has 0 amide bonds. The van der Waals surface area contributed by atoms with Gasteiger partial charge in [-0.1, -0.05) is 38.1 Å².